The van der Waals surface area contributed by atoms with Gasteiger partial charge in [-0.1, -0.05) is 22.9 Å². The first kappa shape index (κ1) is 16.0. The van der Waals surface area contributed by atoms with Gasteiger partial charge in [0.15, 0.2) is 0 Å². The number of rotatable bonds is 7. The summed E-state index contributed by atoms with van der Waals surface area (Å²) in [5.74, 6) is 1.97. The van der Waals surface area contributed by atoms with Gasteiger partial charge < -0.3 is 14.6 Å². The number of aromatic nitrogens is 2. The smallest absolute Gasteiger partial charge is 0.119 e. The number of aryl methyl sites for hydroxylation is 1. The van der Waals surface area contributed by atoms with Crippen LogP contribution in [-0.2, 0) is 13.0 Å². The zero-order chi connectivity index (χ0) is 15.2. The number of nitrogens with zero attached hydrogens (tertiary/aromatic N) is 2. The van der Waals surface area contributed by atoms with Crippen LogP contribution in [0, 0.1) is 0 Å². The third-order valence-electron chi connectivity index (χ3n) is 3.56. The van der Waals surface area contributed by atoms with Crippen LogP contribution in [0.15, 0.2) is 35.1 Å². The van der Waals surface area contributed by atoms with Crippen LogP contribution >= 0.6 is 15.9 Å². The van der Waals surface area contributed by atoms with Crippen LogP contribution in [-0.4, -0.2) is 23.2 Å². The van der Waals surface area contributed by atoms with Crippen molar-refractivity contribution in [2.45, 2.75) is 32.9 Å². The van der Waals surface area contributed by atoms with Gasteiger partial charge in [-0.2, -0.15) is 0 Å². The summed E-state index contributed by atoms with van der Waals surface area (Å²) in [6.07, 6.45) is 4.74. The zero-order valence-corrected chi connectivity index (χ0v) is 14.4. The second-order valence-corrected chi connectivity index (χ2v) is 5.69. The summed E-state index contributed by atoms with van der Waals surface area (Å²) in [5, 5.41) is 3.54. The summed E-state index contributed by atoms with van der Waals surface area (Å²) in [6.45, 7) is 6.09. The predicted octanol–water partition coefficient (Wildman–Crippen LogP) is 3.57. The monoisotopic (exact) mass is 351 g/mol. The molecule has 2 aromatic rings. The maximum absolute atomic E-state index is 5.35. The average Bonchev–Trinajstić information content (AvgIpc) is 2.94. The minimum Gasteiger partial charge on any atom is -0.497 e. The van der Waals surface area contributed by atoms with Crippen LogP contribution in [0.1, 0.15) is 31.3 Å². The van der Waals surface area contributed by atoms with Crippen LogP contribution < -0.4 is 10.1 Å². The molecule has 0 spiro atoms. The van der Waals surface area contributed by atoms with E-state index in [9.17, 15) is 0 Å². The Kier molecular flexibility index (Phi) is 5.82. The third-order valence-corrected chi connectivity index (χ3v) is 4.28. The first-order valence-corrected chi connectivity index (χ1v) is 8.05. The van der Waals surface area contributed by atoms with E-state index in [1.165, 1.54) is 5.56 Å². The number of halogens is 1. The van der Waals surface area contributed by atoms with E-state index in [0.717, 1.165) is 35.6 Å². The van der Waals surface area contributed by atoms with E-state index < -0.39 is 0 Å². The lowest BCUT2D eigenvalue weighted by atomic mass is 10.0. The van der Waals surface area contributed by atoms with E-state index in [2.05, 4.69) is 50.7 Å². The molecule has 0 amide bonds. The van der Waals surface area contributed by atoms with Crippen LogP contribution in [0.5, 0.6) is 5.75 Å². The van der Waals surface area contributed by atoms with Gasteiger partial charge in [0.2, 0.25) is 0 Å². The second kappa shape index (κ2) is 7.61. The highest BCUT2D eigenvalue weighted by molar-refractivity contribution is 9.10. The highest BCUT2D eigenvalue weighted by atomic mass is 79.9. The molecule has 0 fully saturated rings. The molecule has 0 saturated carbocycles. The summed E-state index contributed by atoms with van der Waals surface area (Å²) in [4.78, 5) is 4.48. The number of benzene rings is 1. The van der Waals surface area contributed by atoms with Crippen LogP contribution in [0.3, 0.4) is 0 Å². The van der Waals surface area contributed by atoms with Crippen molar-refractivity contribution in [1.82, 2.24) is 14.9 Å². The fourth-order valence-corrected chi connectivity index (χ4v) is 2.98. The highest BCUT2D eigenvalue weighted by Crippen LogP contribution is 2.29. The number of hydrogen-bond donors (Lipinski definition) is 1. The first-order valence-electron chi connectivity index (χ1n) is 7.26. The average molecular weight is 352 g/mol. The second-order valence-electron chi connectivity index (χ2n) is 4.83. The largest absolute Gasteiger partial charge is 0.497 e. The molecule has 0 bridgehead atoms. The molecule has 0 saturated heterocycles. The molecule has 1 heterocycles. The van der Waals surface area contributed by atoms with Gasteiger partial charge in [-0.05, 0) is 37.2 Å². The van der Waals surface area contributed by atoms with Gasteiger partial charge in [-0.25, -0.2) is 4.98 Å². The zero-order valence-electron chi connectivity index (χ0n) is 12.8. The normalized spacial score (nSPS) is 12.4. The predicted molar refractivity (Wildman–Crippen MR) is 88.7 cm³/mol. The number of ether oxygens (including phenoxy) is 1. The Morgan fingerprint density at radius 1 is 1.38 bits per heavy atom. The lowest BCUT2D eigenvalue weighted by Crippen LogP contribution is -2.24. The Balaban J connectivity index is 2.30. The van der Waals surface area contributed by atoms with Crippen molar-refractivity contribution >= 4 is 15.9 Å². The molecular weight excluding hydrogens is 330 g/mol. The van der Waals surface area contributed by atoms with Crippen molar-refractivity contribution < 1.29 is 4.74 Å². The molecule has 0 aliphatic rings. The van der Waals surface area contributed by atoms with Crippen molar-refractivity contribution in [3.8, 4) is 5.75 Å². The standard InChI is InChI=1S/C16H22BrN3O/c1-4-18-15(11-16-19-8-9-20(16)5-2)13-10-12(21-3)6-7-14(13)17/h6-10,15,18H,4-5,11H2,1-3H3. The van der Waals surface area contributed by atoms with Gasteiger partial charge in [-0.15, -0.1) is 0 Å². The molecule has 1 aromatic heterocycles. The molecular formula is C16H22BrN3O. The number of methoxy groups -OCH3 is 1. The van der Waals surface area contributed by atoms with Crippen LogP contribution in [0.2, 0.25) is 0 Å². The molecule has 114 valence electrons. The summed E-state index contributed by atoms with van der Waals surface area (Å²) < 4.78 is 8.61. The number of likely N-dealkylation sites (N-methyl/N-ethyl adjacent to an activating group) is 1. The number of hydrogen-bond acceptors (Lipinski definition) is 3. The van der Waals surface area contributed by atoms with Gasteiger partial charge in [0.1, 0.15) is 11.6 Å². The minimum atomic E-state index is 0.201. The minimum absolute atomic E-state index is 0.201. The lowest BCUT2D eigenvalue weighted by molar-refractivity contribution is 0.412. The van der Waals surface area contributed by atoms with E-state index >= 15 is 0 Å². The van der Waals surface area contributed by atoms with Crippen LogP contribution in [0.25, 0.3) is 0 Å². The van der Waals surface area contributed by atoms with Crippen molar-refractivity contribution in [2.75, 3.05) is 13.7 Å². The highest BCUT2D eigenvalue weighted by Gasteiger charge is 2.17. The summed E-state index contributed by atoms with van der Waals surface area (Å²) in [5.41, 5.74) is 1.20. The van der Waals surface area contributed by atoms with Crippen molar-refractivity contribution in [3.63, 3.8) is 0 Å². The van der Waals surface area contributed by atoms with Crippen molar-refractivity contribution in [3.05, 3.63) is 46.5 Å². The molecule has 4 nitrogen and oxygen atoms in total. The molecule has 0 aliphatic carbocycles. The lowest BCUT2D eigenvalue weighted by Gasteiger charge is -2.20. The van der Waals surface area contributed by atoms with Gasteiger partial charge in [0.05, 0.1) is 7.11 Å². The number of nitrogens with one attached hydrogen (secondary N) is 1. The van der Waals surface area contributed by atoms with Crippen molar-refractivity contribution in [1.29, 1.82) is 0 Å². The Morgan fingerprint density at radius 2 is 2.19 bits per heavy atom. The van der Waals surface area contributed by atoms with E-state index in [-0.39, 0.29) is 6.04 Å². The van der Waals surface area contributed by atoms with Crippen LogP contribution in [0.4, 0.5) is 0 Å². The fraction of sp³-hybridized carbons (Fsp3) is 0.438. The van der Waals surface area contributed by atoms with Crippen molar-refractivity contribution in [2.24, 2.45) is 0 Å². The quantitative estimate of drug-likeness (QED) is 0.828. The third kappa shape index (κ3) is 3.86. The number of imidazole rings is 1. The topological polar surface area (TPSA) is 39.1 Å². The van der Waals surface area contributed by atoms with E-state index in [1.54, 1.807) is 7.11 Å². The molecule has 1 N–H and O–H groups in total. The summed E-state index contributed by atoms with van der Waals surface area (Å²) in [6, 6.07) is 6.28. The molecule has 1 aromatic carbocycles. The Bertz CT molecular complexity index is 583. The Labute approximate surface area is 134 Å². The molecule has 2 rings (SSSR count). The SMILES string of the molecule is CCNC(Cc1nccn1CC)c1cc(OC)ccc1Br. The van der Waals surface area contributed by atoms with E-state index in [1.807, 2.05) is 24.5 Å². The summed E-state index contributed by atoms with van der Waals surface area (Å²) >= 11 is 3.65. The maximum Gasteiger partial charge on any atom is 0.119 e. The Hall–Kier alpha value is -1.33. The summed E-state index contributed by atoms with van der Waals surface area (Å²) in [7, 11) is 1.69. The molecule has 21 heavy (non-hydrogen) atoms. The van der Waals surface area contributed by atoms with Gasteiger partial charge in [0, 0.05) is 35.9 Å². The van der Waals surface area contributed by atoms with Gasteiger partial charge in [0.25, 0.3) is 0 Å². The first-order chi connectivity index (χ1) is 10.2. The molecule has 0 radical (unpaired) electrons. The Morgan fingerprint density at radius 3 is 2.86 bits per heavy atom. The van der Waals surface area contributed by atoms with E-state index in [4.69, 9.17) is 4.74 Å². The van der Waals surface area contributed by atoms with Gasteiger partial charge in [-0.3, -0.25) is 0 Å². The molecule has 1 unspecified atom stereocenters. The van der Waals surface area contributed by atoms with E-state index in [0.29, 0.717) is 0 Å². The maximum atomic E-state index is 5.35. The van der Waals surface area contributed by atoms with Gasteiger partial charge >= 0.3 is 0 Å². The molecule has 5 heteroatoms. The molecule has 0 aliphatic heterocycles. The molecule has 1 atom stereocenters. The fourth-order valence-electron chi connectivity index (χ4n) is 2.45.